The molecule has 0 aliphatic heterocycles. The molecular weight excluding hydrogens is 296 g/mol. The number of aliphatic hydroxyl groups excluding tert-OH is 1. The number of thiophene rings is 1. The van der Waals surface area contributed by atoms with Crippen LogP contribution in [0.3, 0.4) is 0 Å². The molecule has 3 aromatic rings. The molecule has 0 amide bonds. The highest BCUT2D eigenvalue weighted by molar-refractivity contribution is 7.19. The van der Waals surface area contributed by atoms with Crippen LogP contribution in [0.15, 0.2) is 42.5 Å². The lowest BCUT2D eigenvalue weighted by molar-refractivity contribution is 0.214. The Labute approximate surface area is 133 Å². The zero-order valence-electron chi connectivity index (χ0n) is 12.8. The molecule has 1 atom stereocenters. The molecule has 4 heteroatoms. The Morgan fingerprint density at radius 3 is 2.55 bits per heavy atom. The number of aryl methyl sites for hydroxylation is 1. The molecule has 0 bridgehead atoms. The smallest absolute Gasteiger partial charge is 0.128 e. The minimum atomic E-state index is -0.731. The first kappa shape index (κ1) is 14.9. The van der Waals surface area contributed by atoms with Gasteiger partial charge in [0.05, 0.1) is 14.2 Å². The summed E-state index contributed by atoms with van der Waals surface area (Å²) in [5.74, 6) is 1.32. The van der Waals surface area contributed by atoms with Crippen LogP contribution in [0, 0.1) is 6.92 Å². The van der Waals surface area contributed by atoms with Gasteiger partial charge in [-0.2, -0.15) is 0 Å². The van der Waals surface area contributed by atoms with E-state index >= 15 is 0 Å². The van der Waals surface area contributed by atoms with Crippen molar-refractivity contribution in [1.82, 2.24) is 0 Å². The first-order valence-electron chi connectivity index (χ1n) is 7.02. The van der Waals surface area contributed by atoms with Crippen molar-refractivity contribution in [3.8, 4) is 11.5 Å². The van der Waals surface area contributed by atoms with Gasteiger partial charge in [0.15, 0.2) is 0 Å². The highest BCUT2D eigenvalue weighted by Gasteiger charge is 2.17. The molecule has 3 rings (SSSR count). The normalized spacial score (nSPS) is 12.4. The fraction of sp³-hybridized carbons (Fsp3) is 0.222. The number of methoxy groups -OCH3 is 2. The minimum Gasteiger partial charge on any atom is -0.497 e. The zero-order valence-corrected chi connectivity index (χ0v) is 13.6. The van der Waals surface area contributed by atoms with Crippen LogP contribution in [-0.4, -0.2) is 19.3 Å². The van der Waals surface area contributed by atoms with Crippen LogP contribution in [0.2, 0.25) is 0 Å². The minimum absolute atomic E-state index is 0.619. The van der Waals surface area contributed by atoms with E-state index in [1.807, 2.05) is 24.3 Å². The van der Waals surface area contributed by atoms with Crippen LogP contribution in [0.1, 0.15) is 22.1 Å². The molecule has 0 aliphatic rings. The molecule has 114 valence electrons. The summed E-state index contributed by atoms with van der Waals surface area (Å²) in [7, 11) is 3.20. The Bertz CT molecular complexity index is 807. The number of rotatable bonds is 4. The van der Waals surface area contributed by atoms with Gasteiger partial charge < -0.3 is 14.6 Å². The predicted molar refractivity (Wildman–Crippen MR) is 90.2 cm³/mol. The van der Waals surface area contributed by atoms with Crippen molar-refractivity contribution >= 4 is 21.4 Å². The first-order chi connectivity index (χ1) is 10.6. The molecule has 1 heterocycles. The van der Waals surface area contributed by atoms with Crippen LogP contribution < -0.4 is 9.47 Å². The second kappa shape index (κ2) is 5.99. The summed E-state index contributed by atoms with van der Waals surface area (Å²) in [5.41, 5.74) is 1.59. The maximum atomic E-state index is 10.7. The largest absolute Gasteiger partial charge is 0.497 e. The summed E-state index contributed by atoms with van der Waals surface area (Å²) in [6.45, 7) is 2.09. The van der Waals surface area contributed by atoms with E-state index in [1.54, 1.807) is 31.6 Å². The van der Waals surface area contributed by atoms with Crippen LogP contribution in [0.5, 0.6) is 11.5 Å². The summed E-state index contributed by atoms with van der Waals surface area (Å²) in [4.78, 5) is 1.27. The van der Waals surface area contributed by atoms with Crippen LogP contribution in [-0.2, 0) is 0 Å². The van der Waals surface area contributed by atoms with Crippen LogP contribution in [0.4, 0.5) is 0 Å². The van der Waals surface area contributed by atoms with Gasteiger partial charge in [0.25, 0.3) is 0 Å². The maximum Gasteiger partial charge on any atom is 0.128 e. The summed E-state index contributed by atoms with van der Waals surface area (Å²) in [6, 6.07) is 13.6. The standard InChI is InChI=1S/C18H18O3S/c1-11-8-13-9-12(4-7-17(13)22-11)18(19)15-6-5-14(20-2)10-16(15)21-3/h4-10,18-19H,1-3H3. The lowest BCUT2D eigenvalue weighted by Gasteiger charge is -2.16. The Morgan fingerprint density at radius 1 is 1.00 bits per heavy atom. The maximum absolute atomic E-state index is 10.7. The van der Waals surface area contributed by atoms with E-state index in [0.29, 0.717) is 11.5 Å². The molecule has 22 heavy (non-hydrogen) atoms. The van der Waals surface area contributed by atoms with Gasteiger partial charge in [-0.15, -0.1) is 11.3 Å². The second-order valence-electron chi connectivity index (χ2n) is 5.16. The fourth-order valence-electron chi connectivity index (χ4n) is 2.59. The molecule has 0 fully saturated rings. The number of ether oxygens (including phenoxy) is 2. The summed E-state index contributed by atoms with van der Waals surface area (Å²) >= 11 is 1.76. The Hall–Kier alpha value is -2.04. The second-order valence-corrected chi connectivity index (χ2v) is 6.45. The molecule has 1 N–H and O–H groups in total. The van der Waals surface area contributed by atoms with Crippen molar-refractivity contribution in [2.75, 3.05) is 14.2 Å². The average molecular weight is 314 g/mol. The van der Waals surface area contributed by atoms with E-state index in [2.05, 4.69) is 19.1 Å². The van der Waals surface area contributed by atoms with Gasteiger partial charge >= 0.3 is 0 Å². The molecule has 2 aromatic carbocycles. The Morgan fingerprint density at radius 2 is 1.82 bits per heavy atom. The summed E-state index contributed by atoms with van der Waals surface area (Å²) < 4.78 is 11.8. The topological polar surface area (TPSA) is 38.7 Å². The van der Waals surface area contributed by atoms with Gasteiger partial charge in [-0.3, -0.25) is 0 Å². The van der Waals surface area contributed by atoms with Gasteiger partial charge in [0.1, 0.15) is 17.6 Å². The van der Waals surface area contributed by atoms with Crippen LogP contribution >= 0.6 is 11.3 Å². The van der Waals surface area contributed by atoms with E-state index in [4.69, 9.17) is 9.47 Å². The van der Waals surface area contributed by atoms with Crippen molar-refractivity contribution in [1.29, 1.82) is 0 Å². The van der Waals surface area contributed by atoms with Crippen molar-refractivity contribution in [2.24, 2.45) is 0 Å². The fourth-order valence-corrected chi connectivity index (χ4v) is 3.49. The third-order valence-electron chi connectivity index (χ3n) is 3.71. The van der Waals surface area contributed by atoms with Crippen molar-refractivity contribution in [3.63, 3.8) is 0 Å². The molecule has 1 aromatic heterocycles. The molecule has 0 aliphatic carbocycles. The van der Waals surface area contributed by atoms with Gasteiger partial charge in [0, 0.05) is 21.2 Å². The van der Waals surface area contributed by atoms with Gasteiger partial charge in [-0.25, -0.2) is 0 Å². The summed E-state index contributed by atoms with van der Waals surface area (Å²) in [5, 5.41) is 11.9. The number of hydrogen-bond acceptors (Lipinski definition) is 4. The number of benzene rings is 2. The molecule has 0 radical (unpaired) electrons. The lowest BCUT2D eigenvalue weighted by atomic mass is 9.99. The highest BCUT2D eigenvalue weighted by atomic mass is 32.1. The van der Waals surface area contributed by atoms with E-state index in [9.17, 15) is 5.11 Å². The highest BCUT2D eigenvalue weighted by Crippen LogP contribution is 2.35. The molecule has 0 spiro atoms. The lowest BCUT2D eigenvalue weighted by Crippen LogP contribution is -2.02. The van der Waals surface area contributed by atoms with Gasteiger partial charge in [-0.1, -0.05) is 6.07 Å². The van der Waals surface area contributed by atoms with E-state index < -0.39 is 6.10 Å². The molecule has 1 unspecified atom stereocenters. The van der Waals surface area contributed by atoms with Crippen molar-refractivity contribution in [3.05, 3.63) is 58.5 Å². The van der Waals surface area contributed by atoms with Crippen molar-refractivity contribution in [2.45, 2.75) is 13.0 Å². The molecule has 0 saturated heterocycles. The number of fused-ring (bicyclic) bond motifs is 1. The third-order valence-corrected chi connectivity index (χ3v) is 4.75. The van der Waals surface area contributed by atoms with Crippen molar-refractivity contribution < 1.29 is 14.6 Å². The van der Waals surface area contributed by atoms with E-state index in [-0.39, 0.29) is 0 Å². The van der Waals surface area contributed by atoms with E-state index in [1.165, 1.54) is 9.58 Å². The first-order valence-corrected chi connectivity index (χ1v) is 7.84. The number of aliphatic hydroxyl groups is 1. The van der Waals surface area contributed by atoms with Crippen LogP contribution in [0.25, 0.3) is 10.1 Å². The Balaban J connectivity index is 2.02. The van der Waals surface area contributed by atoms with E-state index in [0.717, 1.165) is 16.5 Å². The third kappa shape index (κ3) is 2.67. The molecule has 0 saturated carbocycles. The molecule has 3 nitrogen and oxygen atoms in total. The summed E-state index contributed by atoms with van der Waals surface area (Å²) in [6.07, 6.45) is -0.731. The zero-order chi connectivity index (χ0) is 15.7. The SMILES string of the molecule is COc1ccc(C(O)c2ccc3sc(C)cc3c2)c(OC)c1. The monoisotopic (exact) mass is 314 g/mol. The van der Waals surface area contributed by atoms with Gasteiger partial charge in [-0.05, 0) is 48.2 Å². The predicted octanol–water partition coefficient (Wildman–Crippen LogP) is 4.31. The quantitative estimate of drug-likeness (QED) is 0.780. The van der Waals surface area contributed by atoms with Gasteiger partial charge in [0.2, 0.25) is 0 Å². The number of hydrogen-bond donors (Lipinski definition) is 1. The Kier molecular flexibility index (Phi) is 4.05. The molecular formula is C18H18O3S. The average Bonchev–Trinajstić information content (AvgIpc) is 2.92.